The van der Waals surface area contributed by atoms with E-state index in [1.807, 2.05) is 0 Å². The van der Waals surface area contributed by atoms with Crippen molar-refractivity contribution in [3.8, 4) is 0 Å². The summed E-state index contributed by atoms with van der Waals surface area (Å²) in [5, 5.41) is 3.11. The lowest BCUT2D eigenvalue weighted by Gasteiger charge is -1.94. The Morgan fingerprint density at radius 1 is 1.86 bits per heavy atom. The smallest absolute Gasteiger partial charge is 0.192 e. The van der Waals surface area contributed by atoms with Crippen LogP contribution in [0.15, 0.2) is 4.99 Å². The first kappa shape index (κ1) is 5.19. The van der Waals surface area contributed by atoms with E-state index in [0.29, 0.717) is 11.8 Å². The average molecular weight is 139 g/mol. The Bertz CT molecular complexity index is 101. The van der Waals surface area contributed by atoms with E-state index in [9.17, 15) is 0 Å². The van der Waals surface area contributed by atoms with Crippen molar-refractivity contribution in [1.82, 2.24) is 5.32 Å². The summed E-state index contributed by atoms with van der Waals surface area (Å²) in [5.41, 5.74) is -0.0903. The van der Waals surface area contributed by atoms with E-state index in [2.05, 4.69) is 10.3 Å². The lowest BCUT2D eigenvalue weighted by Crippen LogP contribution is -2.21. The van der Waals surface area contributed by atoms with E-state index in [0.717, 1.165) is 0 Å². The molecule has 1 rings (SSSR count). The van der Waals surface area contributed by atoms with E-state index in [1.165, 1.54) is 0 Å². The molecular weight excluding hydrogens is 135 g/mol. The van der Waals surface area contributed by atoms with Gasteiger partial charge in [0, 0.05) is 0 Å². The van der Waals surface area contributed by atoms with Gasteiger partial charge in [0.25, 0.3) is 0 Å². The summed E-state index contributed by atoms with van der Waals surface area (Å²) < 4.78 is 0. The molecule has 1 unspecified atom stereocenters. The lowest BCUT2D eigenvalue weighted by atomic mass is 10.7. The fourth-order valence-corrected chi connectivity index (χ4v) is 0.810. The van der Waals surface area contributed by atoms with Crippen LogP contribution in [0.4, 0.5) is 0 Å². The minimum absolute atomic E-state index is 0.0903. The Kier molecular flexibility index (Phi) is 1.40. The summed E-state index contributed by atoms with van der Waals surface area (Å²) in [5.74, 6) is 0. The van der Waals surface area contributed by atoms with Crippen LogP contribution in [-0.2, 0) is 0 Å². The second-order valence-corrected chi connectivity index (χ2v) is 2.13. The molecule has 0 aromatic heterocycles. The lowest BCUT2D eigenvalue weighted by molar-refractivity contribution is 0.881. The van der Waals surface area contributed by atoms with E-state index in [-0.39, 0.29) is 5.50 Å². The second kappa shape index (κ2) is 1.88. The summed E-state index contributed by atoms with van der Waals surface area (Å²) in [6, 6.07) is 0. The predicted octanol–water partition coefficient (Wildman–Crippen LogP) is 0.749. The summed E-state index contributed by atoms with van der Waals surface area (Å²) in [6.07, 6.45) is 0. The van der Waals surface area contributed by atoms with Crippen LogP contribution in [0.5, 0.6) is 0 Å². The van der Waals surface area contributed by atoms with E-state index >= 15 is 0 Å². The molecule has 0 aromatic carbocycles. The SMILES string of the molecule is ClC1=NCC(Cl)N1. The first-order valence-electron chi connectivity index (χ1n) is 1.89. The van der Waals surface area contributed by atoms with Gasteiger partial charge in [0.1, 0.15) is 5.50 Å². The molecule has 0 bridgehead atoms. The third kappa shape index (κ3) is 1.21. The molecule has 0 fully saturated rings. The molecule has 4 heteroatoms. The number of hydrogen-bond acceptors (Lipinski definition) is 2. The van der Waals surface area contributed by atoms with Crippen LogP contribution < -0.4 is 5.32 Å². The number of hydrogen-bond donors (Lipinski definition) is 1. The number of nitrogens with zero attached hydrogens (tertiary/aromatic N) is 1. The number of aliphatic imine (C=N–C) groups is 1. The molecule has 40 valence electrons. The Balaban J connectivity index is 2.42. The van der Waals surface area contributed by atoms with Crippen molar-refractivity contribution in [3.05, 3.63) is 0 Å². The number of rotatable bonds is 0. The molecule has 0 amide bonds. The highest BCUT2D eigenvalue weighted by Gasteiger charge is 2.10. The minimum Gasteiger partial charge on any atom is -0.343 e. The van der Waals surface area contributed by atoms with Gasteiger partial charge in [-0.2, -0.15) is 0 Å². The van der Waals surface area contributed by atoms with Crippen LogP contribution in [0.2, 0.25) is 0 Å². The van der Waals surface area contributed by atoms with Crippen LogP contribution in [0, 0.1) is 0 Å². The van der Waals surface area contributed by atoms with Gasteiger partial charge < -0.3 is 5.32 Å². The minimum atomic E-state index is -0.0903. The van der Waals surface area contributed by atoms with Crippen LogP contribution in [0.1, 0.15) is 0 Å². The molecule has 2 nitrogen and oxygen atoms in total. The first-order chi connectivity index (χ1) is 3.29. The van der Waals surface area contributed by atoms with E-state index < -0.39 is 0 Å². The standard InChI is InChI=1S/C3H4Cl2N2/c4-2-1-6-3(5)7-2/h2H,1H2,(H,6,7). The largest absolute Gasteiger partial charge is 0.343 e. The molecule has 1 aliphatic heterocycles. The molecule has 1 heterocycles. The van der Waals surface area contributed by atoms with Gasteiger partial charge in [0.05, 0.1) is 6.54 Å². The molecule has 0 saturated heterocycles. The van der Waals surface area contributed by atoms with Gasteiger partial charge >= 0.3 is 0 Å². The molecule has 0 spiro atoms. The molecule has 0 radical (unpaired) electrons. The summed E-state index contributed by atoms with van der Waals surface area (Å²) in [6.45, 7) is 0.584. The van der Waals surface area contributed by atoms with Crippen molar-refractivity contribution < 1.29 is 0 Å². The van der Waals surface area contributed by atoms with Gasteiger partial charge in [0.2, 0.25) is 0 Å². The number of amidine groups is 1. The molecule has 1 N–H and O–H groups in total. The number of alkyl halides is 1. The van der Waals surface area contributed by atoms with Crippen LogP contribution in [-0.4, -0.2) is 17.3 Å². The third-order valence-electron chi connectivity index (χ3n) is 0.666. The van der Waals surface area contributed by atoms with Crippen molar-refractivity contribution in [1.29, 1.82) is 0 Å². The predicted molar refractivity (Wildman–Crippen MR) is 30.9 cm³/mol. The van der Waals surface area contributed by atoms with Gasteiger partial charge in [-0.1, -0.05) is 11.6 Å². The monoisotopic (exact) mass is 138 g/mol. The Morgan fingerprint density at radius 3 is 2.71 bits per heavy atom. The average Bonchev–Trinajstić information content (AvgIpc) is 1.87. The van der Waals surface area contributed by atoms with Crippen LogP contribution >= 0.6 is 23.2 Å². The molecule has 7 heavy (non-hydrogen) atoms. The molecule has 1 aliphatic rings. The zero-order valence-corrected chi connectivity index (χ0v) is 5.00. The zero-order valence-electron chi connectivity index (χ0n) is 3.49. The van der Waals surface area contributed by atoms with Crippen molar-refractivity contribution in [2.45, 2.75) is 5.50 Å². The molecule has 0 aliphatic carbocycles. The highest BCUT2D eigenvalue weighted by atomic mass is 35.5. The normalized spacial score (nSPS) is 29.4. The van der Waals surface area contributed by atoms with E-state index in [1.54, 1.807) is 0 Å². The highest BCUT2D eigenvalue weighted by molar-refractivity contribution is 6.65. The van der Waals surface area contributed by atoms with Crippen molar-refractivity contribution in [2.24, 2.45) is 4.99 Å². The molecule has 0 aromatic rings. The summed E-state index contributed by atoms with van der Waals surface area (Å²) in [4.78, 5) is 3.76. The van der Waals surface area contributed by atoms with Crippen molar-refractivity contribution >= 4 is 28.5 Å². The third-order valence-corrected chi connectivity index (χ3v) is 1.14. The maximum Gasteiger partial charge on any atom is 0.192 e. The number of nitrogens with one attached hydrogen (secondary N) is 1. The molecular formula is C3H4Cl2N2. The van der Waals surface area contributed by atoms with Gasteiger partial charge in [0.15, 0.2) is 5.29 Å². The van der Waals surface area contributed by atoms with Crippen molar-refractivity contribution in [3.63, 3.8) is 0 Å². The van der Waals surface area contributed by atoms with Gasteiger partial charge in [-0.15, -0.1) is 0 Å². The van der Waals surface area contributed by atoms with E-state index in [4.69, 9.17) is 23.2 Å². The van der Waals surface area contributed by atoms with Gasteiger partial charge in [-0.25, -0.2) is 0 Å². The molecule has 0 saturated carbocycles. The quantitative estimate of drug-likeness (QED) is 0.388. The fraction of sp³-hybridized carbons (Fsp3) is 0.667. The highest BCUT2D eigenvalue weighted by Crippen LogP contribution is 2.00. The first-order valence-corrected chi connectivity index (χ1v) is 2.71. The summed E-state index contributed by atoms with van der Waals surface area (Å²) >= 11 is 10.9. The van der Waals surface area contributed by atoms with Gasteiger partial charge in [-0.3, -0.25) is 4.99 Å². The Hall–Kier alpha value is 0.0500. The van der Waals surface area contributed by atoms with Crippen LogP contribution in [0.3, 0.4) is 0 Å². The van der Waals surface area contributed by atoms with Gasteiger partial charge in [-0.05, 0) is 11.6 Å². The Morgan fingerprint density at radius 2 is 2.57 bits per heavy atom. The zero-order chi connectivity index (χ0) is 5.28. The topological polar surface area (TPSA) is 24.4 Å². The Labute approximate surface area is 51.5 Å². The van der Waals surface area contributed by atoms with Crippen LogP contribution in [0.25, 0.3) is 0 Å². The molecule has 1 atom stereocenters. The summed E-state index contributed by atoms with van der Waals surface area (Å²) in [7, 11) is 0. The maximum absolute atomic E-state index is 5.50. The fourth-order valence-electron chi connectivity index (χ4n) is 0.381. The van der Waals surface area contributed by atoms with Crippen molar-refractivity contribution in [2.75, 3.05) is 6.54 Å². The second-order valence-electron chi connectivity index (χ2n) is 1.24. The maximum atomic E-state index is 5.50. The number of halogens is 2.